The van der Waals surface area contributed by atoms with Crippen molar-refractivity contribution in [2.45, 2.75) is 0 Å². The number of anilines is 1. The summed E-state index contributed by atoms with van der Waals surface area (Å²) in [5.74, 6) is -1.35. The average Bonchev–Trinajstić information content (AvgIpc) is 2.83. The second-order valence-electron chi connectivity index (χ2n) is 4.98. The van der Waals surface area contributed by atoms with Crippen LogP contribution >= 0.6 is 0 Å². The van der Waals surface area contributed by atoms with Gasteiger partial charge in [0, 0.05) is 11.8 Å². The van der Waals surface area contributed by atoms with Crippen LogP contribution in [-0.2, 0) is 9.59 Å². The highest BCUT2D eigenvalue weighted by Gasteiger charge is 2.34. The molecular formula is C16H11N3O5. The highest BCUT2D eigenvalue weighted by atomic mass is 16.6. The molecule has 0 bridgehead atoms. The molecule has 3 rings (SSSR count). The van der Waals surface area contributed by atoms with Crippen LogP contribution in [0.15, 0.2) is 54.2 Å². The Morgan fingerprint density at radius 2 is 1.67 bits per heavy atom. The number of phenolic OH excluding ortho intramolecular Hbond substituents is 1. The molecule has 120 valence electrons. The lowest BCUT2D eigenvalue weighted by Gasteiger charge is -2.08. The highest BCUT2D eigenvalue weighted by molar-refractivity contribution is 6.37. The number of nitro benzene ring substituents is 1. The van der Waals surface area contributed by atoms with Crippen molar-refractivity contribution < 1.29 is 19.6 Å². The van der Waals surface area contributed by atoms with E-state index in [-0.39, 0.29) is 28.3 Å². The van der Waals surface area contributed by atoms with Gasteiger partial charge in [0.15, 0.2) is 0 Å². The van der Waals surface area contributed by atoms with E-state index >= 15 is 0 Å². The molecule has 2 aromatic rings. The Kier molecular flexibility index (Phi) is 3.70. The summed E-state index contributed by atoms with van der Waals surface area (Å²) < 4.78 is 0. The summed E-state index contributed by atoms with van der Waals surface area (Å²) >= 11 is 0. The van der Waals surface area contributed by atoms with E-state index < -0.39 is 16.7 Å². The lowest BCUT2D eigenvalue weighted by Crippen LogP contribution is -2.24. The number of benzene rings is 2. The summed E-state index contributed by atoms with van der Waals surface area (Å²) in [6.45, 7) is 0. The van der Waals surface area contributed by atoms with E-state index in [4.69, 9.17) is 0 Å². The molecule has 1 aliphatic heterocycles. The lowest BCUT2D eigenvalue weighted by molar-refractivity contribution is -0.385. The molecule has 0 radical (unpaired) electrons. The molecule has 0 fully saturated rings. The zero-order valence-electron chi connectivity index (χ0n) is 12.1. The number of nitrogens with zero attached hydrogens (tertiary/aromatic N) is 1. The molecule has 0 atom stereocenters. The third-order valence-corrected chi connectivity index (χ3v) is 3.44. The Labute approximate surface area is 135 Å². The van der Waals surface area contributed by atoms with E-state index in [1.165, 1.54) is 42.5 Å². The molecule has 0 spiro atoms. The molecule has 1 aliphatic rings. The van der Waals surface area contributed by atoms with Gasteiger partial charge < -0.3 is 10.4 Å². The second-order valence-corrected chi connectivity index (χ2v) is 4.98. The molecule has 0 saturated heterocycles. The minimum atomic E-state index is -0.712. The molecule has 0 aliphatic carbocycles. The van der Waals surface area contributed by atoms with E-state index in [1.54, 1.807) is 6.07 Å². The zero-order valence-corrected chi connectivity index (χ0v) is 12.1. The van der Waals surface area contributed by atoms with Crippen molar-refractivity contribution in [2.75, 3.05) is 5.32 Å². The summed E-state index contributed by atoms with van der Waals surface area (Å²) in [5, 5.41) is 25.4. The monoisotopic (exact) mass is 325 g/mol. The number of nitrogens with one attached hydrogen (secondary N) is 2. The maximum absolute atomic E-state index is 12.1. The number of aromatic hydroxyl groups is 1. The quantitative estimate of drug-likeness (QED) is 0.341. The Morgan fingerprint density at radius 1 is 1.00 bits per heavy atom. The fourth-order valence-electron chi connectivity index (χ4n) is 2.36. The predicted octanol–water partition coefficient (Wildman–Crippen LogP) is 1.78. The predicted molar refractivity (Wildman–Crippen MR) is 84.9 cm³/mol. The topological polar surface area (TPSA) is 122 Å². The number of imide groups is 1. The van der Waals surface area contributed by atoms with Crippen LogP contribution in [0.5, 0.6) is 5.75 Å². The molecule has 24 heavy (non-hydrogen) atoms. The van der Waals surface area contributed by atoms with E-state index in [1.807, 2.05) is 0 Å². The first-order valence-corrected chi connectivity index (χ1v) is 6.87. The summed E-state index contributed by atoms with van der Waals surface area (Å²) in [5.41, 5.74) is 0.0404. The maximum Gasteiger partial charge on any atom is 0.277 e. The van der Waals surface area contributed by atoms with Crippen molar-refractivity contribution >= 4 is 28.8 Å². The number of para-hydroxylation sites is 1. The third kappa shape index (κ3) is 2.68. The number of carbonyl (C=O) groups excluding carboxylic acids is 2. The van der Waals surface area contributed by atoms with Crippen LogP contribution < -0.4 is 10.6 Å². The van der Waals surface area contributed by atoms with Gasteiger partial charge in [0.1, 0.15) is 11.4 Å². The SMILES string of the molecule is O=C1NC(=O)C(c2ccccc2[N+](=O)[O-])=C1Nc1ccc(O)cc1. The van der Waals surface area contributed by atoms with Gasteiger partial charge in [0.25, 0.3) is 17.5 Å². The molecule has 2 amide bonds. The molecule has 0 aromatic heterocycles. The zero-order chi connectivity index (χ0) is 17.3. The van der Waals surface area contributed by atoms with Gasteiger partial charge in [-0.2, -0.15) is 0 Å². The summed E-state index contributed by atoms with van der Waals surface area (Å²) in [7, 11) is 0. The first-order valence-electron chi connectivity index (χ1n) is 6.87. The van der Waals surface area contributed by atoms with Crippen LogP contribution in [0.25, 0.3) is 5.57 Å². The Balaban J connectivity index is 2.12. The number of hydrogen-bond acceptors (Lipinski definition) is 6. The number of carbonyl (C=O) groups is 2. The van der Waals surface area contributed by atoms with Crippen molar-refractivity contribution in [3.05, 3.63) is 69.9 Å². The smallest absolute Gasteiger partial charge is 0.277 e. The third-order valence-electron chi connectivity index (χ3n) is 3.44. The molecule has 0 saturated carbocycles. The number of amides is 2. The van der Waals surface area contributed by atoms with Crippen LogP contribution in [0.3, 0.4) is 0 Å². The number of rotatable bonds is 4. The fraction of sp³-hybridized carbons (Fsp3) is 0. The van der Waals surface area contributed by atoms with Gasteiger partial charge in [-0.1, -0.05) is 12.1 Å². The molecule has 8 heteroatoms. The fourth-order valence-corrected chi connectivity index (χ4v) is 2.36. The Morgan fingerprint density at radius 3 is 2.33 bits per heavy atom. The van der Waals surface area contributed by atoms with Gasteiger partial charge in [-0.25, -0.2) is 0 Å². The Hall–Kier alpha value is -3.68. The van der Waals surface area contributed by atoms with E-state index in [9.17, 15) is 24.8 Å². The second kappa shape index (κ2) is 5.84. The van der Waals surface area contributed by atoms with Crippen LogP contribution in [0.2, 0.25) is 0 Å². The van der Waals surface area contributed by atoms with Gasteiger partial charge in [-0.05, 0) is 30.3 Å². The van der Waals surface area contributed by atoms with Gasteiger partial charge in [0.2, 0.25) is 0 Å². The van der Waals surface area contributed by atoms with E-state index in [0.717, 1.165) is 0 Å². The van der Waals surface area contributed by atoms with Crippen molar-refractivity contribution in [1.82, 2.24) is 5.32 Å². The van der Waals surface area contributed by atoms with Gasteiger partial charge in [0.05, 0.1) is 16.1 Å². The van der Waals surface area contributed by atoms with Crippen molar-refractivity contribution in [3.8, 4) is 5.75 Å². The lowest BCUT2D eigenvalue weighted by atomic mass is 10.0. The van der Waals surface area contributed by atoms with E-state index in [0.29, 0.717) is 5.69 Å². The van der Waals surface area contributed by atoms with Crippen LogP contribution in [0, 0.1) is 10.1 Å². The molecule has 0 unspecified atom stereocenters. The van der Waals surface area contributed by atoms with Crippen LogP contribution in [0.1, 0.15) is 5.56 Å². The van der Waals surface area contributed by atoms with Crippen LogP contribution in [-0.4, -0.2) is 21.8 Å². The summed E-state index contributed by atoms with van der Waals surface area (Å²) in [6.07, 6.45) is 0. The first kappa shape index (κ1) is 15.2. The minimum absolute atomic E-state index is 0.0420. The highest BCUT2D eigenvalue weighted by Crippen LogP contribution is 2.31. The number of phenols is 1. The first-order chi connectivity index (χ1) is 11.5. The Bertz CT molecular complexity index is 887. The maximum atomic E-state index is 12.1. The molecule has 8 nitrogen and oxygen atoms in total. The minimum Gasteiger partial charge on any atom is -0.508 e. The summed E-state index contributed by atoms with van der Waals surface area (Å²) in [6, 6.07) is 11.5. The molecule has 1 heterocycles. The number of hydrogen-bond donors (Lipinski definition) is 3. The number of nitro groups is 1. The van der Waals surface area contributed by atoms with Gasteiger partial charge >= 0.3 is 0 Å². The van der Waals surface area contributed by atoms with Gasteiger partial charge in [-0.15, -0.1) is 0 Å². The van der Waals surface area contributed by atoms with Crippen molar-refractivity contribution in [2.24, 2.45) is 0 Å². The van der Waals surface area contributed by atoms with E-state index in [2.05, 4.69) is 10.6 Å². The van der Waals surface area contributed by atoms with Crippen molar-refractivity contribution in [3.63, 3.8) is 0 Å². The molecule has 2 aromatic carbocycles. The molecule has 3 N–H and O–H groups in total. The largest absolute Gasteiger partial charge is 0.508 e. The normalized spacial score (nSPS) is 13.8. The van der Waals surface area contributed by atoms with Crippen molar-refractivity contribution in [1.29, 1.82) is 0 Å². The average molecular weight is 325 g/mol. The van der Waals surface area contributed by atoms with Gasteiger partial charge in [-0.3, -0.25) is 25.0 Å². The molecular weight excluding hydrogens is 314 g/mol. The summed E-state index contributed by atoms with van der Waals surface area (Å²) in [4.78, 5) is 34.7. The standard InChI is InChI=1S/C16H11N3O5/c20-10-7-5-9(6-8-10)17-14-13(15(21)18-16(14)22)11-3-1-2-4-12(11)19(23)24/h1-8,20H,(H2,17,18,21,22). The van der Waals surface area contributed by atoms with Crippen LogP contribution in [0.4, 0.5) is 11.4 Å².